The Morgan fingerprint density at radius 2 is 2.11 bits per heavy atom. The lowest BCUT2D eigenvalue weighted by Gasteiger charge is -2.15. The van der Waals surface area contributed by atoms with Gasteiger partial charge in [0, 0.05) is 5.56 Å². The maximum absolute atomic E-state index is 12.2. The van der Waals surface area contributed by atoms with Crippen LogP contribution in [0, 0.1) is 0 Å². The summed E-state index contributed by atoms with van der Waals surface area (Å²) in [5.41, 5.74) is 0.379. The van der Waals surface area contributed by atoms with Gasteiger partial charge < -0.3 is 10.6 Å². The van der Waals surface area contributed by atoms with E-state index in [1.807, 2.05) is 0 Å². The zero-order valence-electron chi connectivity index (χ0n) is 9.53. The van der Waals surface area contributed by atoms with Gasteiger partial charge in [-0.3, -0.25) is 4.79 Å². The van der Waals surface area contributed by atoms with Gasteiger partial charge in [-0.1, -0.05) is 12.1 Å². The lowest BCUT2D eigenvalue weighted by atomic mass is 10.2. The highest BCUT2D eigenvalue weighted by molar-refractivity contribution is 7.90. The van der Waals surface area contributed by atoms with E-state index >= 15 is 0 Å². The van der Waals surface area contributed by atoms with E-state index in [4.69, 9.17) is 5.84 Å². The molecular weight excluding hydrogens is 258 g/mol. The number of methoxy groups -OCH3 is 1. The number of ether oxygens (including phenoxy) is 1. The number of hydrogen-bond acceptors (Lipinski definition) is 6. The molecular formula is C10H11N3O4S. The fourth-order valence-electron chi connectivity index (χ4n) is 1.72. The van der Waals surface area contributed by atoms with E-state index in [1.165, 1.54) is 13.2 Å². The average Bonchev–Trinajstić information content (AvgIpc) is 2.58. The minimum Gasteiger partial charge on any atom is -0.468 e. The van der Waals surface area contributed by atoms with E-state index < -0.39 is 22.5 Å². The molecule has 1 aliphatic rings. The van der Waals surface area contributed by atoms with Gasteiger partial charge in [-0.25, -0.2) is 12.7 Å². The van der Waals surface area contributed by atoms with Crippen molar-refractivity contribution < 1.29 is 17.9 Å². The number of nitrogens with zero attached hydrogens (tertiary/aromatic N) is 2. The number of benzene rings is 1. The minimum absolute atomic E-state index is 0.0380. The first kappa shape index (κ1) is 12.4. The summed E-state index contributed by atoms with van der Waals surface area (Å²) < 4.78 is 29.7. The third kappa shape index (κ3) is 1.70. The van der Waals surface area contributed by atoms with E-state index in [1.54, 1.807) is 18.2 Å². The Morgan fingerprint density at radius 1 is 1.44 bits per heavy atom. The third-order valence-corrected chi connectivity index (χ3v) is 4.35. The molecule has 0 radical (unpaired) electrons. The number of amidine groups is 1. The number of fused-ring (bicyclic) bond motifs is 1. The summed E-state index contributed by atoms with van der Waals surface area (Å²) in [6.45, 7) is -0.455. The second-order valence-electron chi connectivity index (χ2n) is 3.54. The second-order valence-corrected chi connectivity index (χ2v) is 5.37. The van der Waals surface area contributed by atoms with Crippen molar-refractivity contribution in [1.82, 2.24) is 4.31 Å². The van der Waals surface area contributed by atoms with Crippen molar-refractivity contribution >= 4 is 21.8 Å². The fourth-order valence-corrected chi connectivity index (χ4v) is 3.29. The average molecular weight is 269 g/mol. The number of esters is 1. The Balaban J connectivity index is 2.55. The smallest absolute Gasteiger partial charge is 0.326 e. The molecule has 96 valence electrons. The van der Waals surface area contributed by atoms with Crippen molar-refractivity contribution in [1.29, 1.82) is 0 Å². The lowest BCUT2D eigenvalue weighted by molar-refractivity contribution is -0.140. The molecule has 0 saturated heterocycles. The standard InChI is InChI=1S/C10H11N3O4S/c1-17-9(14)6-13-10(12-11)7-4-2-3-5-8(7)18(13,15)16/h2-5H,6,11H2,1H3/b12-10-. The molecule has 1 aromatic carbocycles. The molecule has 2 N–H and O–H groups in total. The van der Waals surface area contributed by atoms with Crippen LogP contribution in [0.5, 0.6) is 0 Å². The van der Waals surface area contributed by atoms with Gasteiger partial charge in [0.2, 0.25) is 0 Å². The minimum atomic E-state index is -3.79. The van der Waals surface area contributed by atoms with Crippen LogP contribution in [0.3, 0.4) is 0 Å². The van der Waals surface area contributed by atoms with Crippen LogP contribution in [-0.4, -0.2) is 38.2 Å². The predicted molar refractivity (Wildman–Crippen MR) is 63.1 cm³/mol. The van der Waals surface area contributed by atoms with Gasteiger partial charge in [-0.05, 0) is 12.1 Å². The quantitative estimate of drug-likeness (QED) is 0.442. The number of hydrogen-bond donors (Lipinski definition) is 1. The van der Waals surface area contributed by atoms with Crippen LogP contribution in [0.2, 0.25) is 0 Å². The zero-order valence-corrected chi connectivity index (χ0v) is 10.3. The molecule has 1 aromatic rings. The topological polar surface area (TPSA) is 102 Å². The van der Waals surface area contributed by atoms with Gasteiger partial charge in [0.1, 0.15) is 6.54 Å². The molecule has 0 aromatic heterocycles. The molecule has 0 aliphatic carbocycles. The maximum Gasteiger partial charge on any atom is 0.326 e. The molecule has 1 aliphatic heterocycles. The highest BCUT2D eigenvalue weighted by atomic mass is 32.2. The molecule has 0 bridgehead atoms. The summed E-state index contributed by atoms with van der Waals surface area (Å²) >= 11 is 0. The highest BCUT2D eigenvalue weighted by Gasteiger charge is 2.40. The predicted octanol–water partition coefficient (Wildman–Crippen LogP) is -0.516. The van der Waals surface area contributed by atoms with Gasteiger partial charge in [-0.15, -0.1) is 0 Å². The van der Waals surface area contributed by atoms with E-state index in [-0.39, 0.29) is 10.7 Å². The first-order chi connectivity index (χ1) is 8.52. The van der Waals surface area contributed by atoms with E-state index in [2.05, 4.69) is 9.84 Å². The molecule has 0 unspecified atom stereocenters. The summed E-state index contributed by atoms with van der Waals surface area (Å²) in [6.07, 6.45) is 0. The number of carbonyl (C=O) groups excluding carboxylic acids is 1. The molecule has 2 rings (SSSR count). The van der Waals surface area contributed by atoms with Gasteiger partial charge in [-0.2, -0.15) is 5.10 Å². The van der Waals surface area contributed by atoms with E-state index in [9.17, 15) is 13.2 Å². The molecule has 1 heterocycles. The maximum atomic E-state index is 12.2. The second kappa shape index (κ2) is 4.30. The Morgan fingerprint density at radius 3 is 2.72 bits per heavy atom. The molecule has 8 heteroatoms. The summed E-state index contributed by atoms with van der Waals surface area (Å²) in [5.74, 6) is 4.56. The van der Waals surface area contributed by atoms with Gasteiger partial charge >= 0.3 is 5.97 Å². The van der Waals surface area contributed by atoms with Crippen molar-refractivity contribution in [3.05, 3.63) is 29.8 Å². The normalized spacial score (nSPS) is 18.7. The first-order valence-electron chi connectivity index (χ1n) is 4.99. The Hall–Kier alpha value is -2.09. The fraction of sp³-hybridized carbons (Fsp3) is 0.200. The summed E-state index contributed by atoms with van der Waals surface area (Å²) in [4.78, 5) is 11.3. The third-order valence-electron chi connectivity index (χ3n) is 2.55. The molecule has 0 fully saturated rings. The molecule has 18 heavy (non-hydrogen) atoms. The summed E-state index contributed by atoms with van der Waals surface area (Å²) in [5, 5.41) is 3.45. The Bertz CT molecular complexity index is 624. The summed E-state index contributed by atoms with van der Waals surface area (Å²) in [6, 6.07) is 6.27. The molecule has 0 amide bonds. The van der Waals surface area contributed by atoms with Crippen LogP contribution in [-0.2, 0) is 19.6 Å². The first-order valence-corrected chi connectivity index (χ1v) is 6.43. The van der Waals surface area contributed by atoms with E-state index in [0.29, 0.717) is 5.56 Å². The lowest BCUT2D eigenvalue weighted by Crippen LogP contribution is -2.36. The molecule has 7 nitrogen and oxygen atoms in total. The van der Waals surface area contributed by atoms with Crippen LogP contribution in [0.25, 0.3) is 0 Å². The van der Waals surface area contributed by atoms with Gasteiger partial charge in [0.15, 0.2) is 5.84 Å². The largest absolute Gasteiger partial charge is 0.468 e. The Kier molecular flexibility index (Phi) is 2.95. The van der Waals surface area contributed by atoms with Crippen LogP contribution >= 0.6 is 0 Å². The molecule has 0 spiro atoms. The number of nitrogens with two attached hydrogens (primary N) is 1. The number of rotatable bonds is 2. The van der Waals surface area contributed by atoms with Crippen molar-refractivity contribution in [2.45, 2.75) is 4.90 Å². The van der Waals surface area contributed by atoms with Crippen molar-refractivity contribution in [3.63, 3.8) is 0 Å². The number of hydrazone groups is 1. The SMILES string of the molecule is COC(=O)CN1/C(=N\N)c2ccccc2S1(=O)=O. The van der Waals surface area contributed by atoms with Crippen LogP contribution in [0.4, 0.5) is 0 Å². The van der Waals surface area contributed by atoms with E-state index in [0.717, 1.165) is 4.31 Å². The molecule has 0 atom stereocenters. The number of carbonyl (C=O) groups is 1. The Labute approximate surface area is 104 Å². The van der Waals surface area contributed by atoms with Crippen LogP contribution in [0.1, 0.15) is 5.56 Å². The zero-order chi connectivity index (χ0) is 13.3. The van der Waals surface area contributed by atoms with Gasteiger partial charge in [0.25, 0.3) is 10.0 Å². The van der Waals surface area contributed by atoms with Crippen LogP contribution in [0.15, 0.2) is 34.3 Å². The molecule has 0 saturated carbocycles. The van der Waals surface area contributed by atoms with Crippen molar-refractivity contribution in [2.75, 3.05) is 13.7 Å². The van der Waals surface area contributed by atoms with Crippen molar-refractivity contribution in [2.24, 2.45) is 10.9 Å². The van der Waals surface area contributed by atoms with Crippen LogP contribution < -0.4 is 5.84 Å². The monoisotopic (exact) mass is 269 g/mol. The van der Waals surface area contributed by atoms with Gasteiger partial charge in [0.05, 0.1) is 12.0 Å². The highest BCUT2D eigenvalue weighted by Crippen LogP contribution is 2.29. The van der Waals surface area contributed by atoms with Crippen molar-refractivity contribution in [3.8, 4) is 0 Å². The summed E-state index contributed by atoms with van der Waals surface area (Å²) in [7, 11) is -2.61. The number of sulfonamides is 1.